The number of nitrogens with zero attached hydrogens (tertiary/aromatic N) is 8. The number of thiol groups is 1. The number of rotatable bonds is 11. The number of fused-ring (bicyclic) bond motifs is 2. The zero-order valence-corrected chi connectivity index (χ0v) is 25.8. The molecule has 4 aromatic heterocycles. The van der Waals surface area contributed by atoms with Gasteiger partial charge in [0.25, 0.3) is 5.56 Å². The van der Waals surface area contributed by atoms with Crippen molar-refractivity contribution in [1.82, 2.24) is 44.5 Å². The Bertz CT molecular complexity index is 1610. The number of aromatic amines is 1. The molecular weight excluding hydrogens is 628 g/mol. The summed E-state index contributed by atoms with van der Waals surface area (Å²) in [6.07, 6.45) is 3.26. The molecule has 6 rings (SSSR count). The number of nitrogens with two attached hydrogens (primary N) is 2. The standard InChI is InChI=1S/C21H29N11O6P2S2/c22-20-27-17-13(18(34)28-20)29-30-31(17)19-15(38-41)14(33)12(42-19)1-2-40-36-5-8-3-10(37-11(8)6-35-39)9-4-26-32-16(9)24-7-25-21(32)23/h4,7-8,10-12,14-15,19,33,40-41H,1-3,5-6,39H2,(H2,23,24,25)(H3,22,27,28,34)/t8-,10-,11-,12-,14-,15-,19-/m1/s1. The van der Waals surface area contributed by atoms with Gasteiger partial charge in [0.2, 0.25) is 11.9 Å². The second-order valence-corrected chi connectivity index (χ2v) is 12.8. The molecule has 0 radical (unpaired) electrons. The molecule has 0 saturated carbocycles. The summed E-state index contributed by atoms with van der Waals surface area (Å²) in [6.45, 7) is 0.886. The fourth-order valence-corrected chi connectivity index (χ4v) is 8.44. The van der Waals surface area contributed by atoms with Crippen LogP contribution < -0.4 is 17.0 Å². The van der Waals surface area contributed by atoms with Gasteiger partial charge in [-0.1, -0.05) is 5.21 Å². The van der Waals surface area contributed by atoms with Crippen molar-refractivity contribution in [2.24, 2.45) is 5.92 Å². The summed E-state index contributed by atoms with van der Waals surface area (Å²) in [5, 5.41) is 22.6. The number of ether oxygens (including phenoxy) is 1. The highest BCUT2D eigenvalue weighted by Crippen LogP contribution is 2.46. The van der Waals surface area contributed by atoms with Gasteiger partial charge in [-0.25, -0.2) is 14.6 Å². The van der Waals surface area contributed by atoms with Gasteiger partial charge in [0.15, 0.2) is 16.8 Å². The molecule has 0 aromatic carbocycles. The largest absolute Gasteiger partial charge is 0.389 e. The van der Waals surface area contributed by atoms with E-state index in [1.807, 2.05) is 0 Å². The van der Waals surface area contributed by atoms with Crippen molar-refractivity contribution in [2.75, 3.05) is 30.8 Å². The third-order valence-electron chi connectivity index (χ3n) is 7.31. The number of anilines is 2. The second-order valence-electron chi connectivity index (χ2n) is 9.84. The predicted molar refractivity (Wildman–Crippen MR) is 161 cm³/mol. The van der Waals surface area contributed by atoms with Crippen LogP contribution in [0.15, 0.2) is 17.3 Å². The maximum Gasteiger partial charge on any atom is 0.282 e. The average molecular weight is 658 g/mol. The molecule has 4 aromatic rings. The van der Waals surface area contributed by atoms with Gasteiger partial charge in [-0.2, -0.15) is 14.6 Å². The van der Waals surface area contributed by atoms with Crippen molar-refractivity contribution >= 4 is 71.7 Å². The van der Waals surface area contributed by atoms with Gasteiger partial charge in [-0.05, 0) is 31.9 Å². The van der Waals surface area contributed by atoms with Crippen LogP contribution in [0.2, 0.25) is 0 Å². The molecule has 0 amide bonds. The van der Waals surface area contributed by atoms with E-state index < -0.39 is 23.1 Å². The molecular formula is C21H29N11O6P2S2. The molecule has 42 heavy (non-hydrogen) atoms. The summed E-state index contributed by atoms with van der Waals surface area (Å²) in [5.74, 6) is 0.296. The van der Waals surface area contributed by atoms with Crippen LogP contribution in [-0.2, 0) is 18.0 Å². The summed E-state index contributed by atoms with van der Waals surface area (Å²) < 4.78 is 26.0. The van der Waals surface area contributed by atoms with Gasteiger partial charge in [-0.15, -0.1) is 16.9 Å². The van der Waals surface area contributed by atoms with Gasteiger partial charge in [0.05, 0.1) is 37.7 Å². The van der Waals surface area contributed by atoms with E-state index in [0.29, 0.717) is 31.7 Å². The van der Waals surface area contributed by atoms with Crippen LogP contribution in [0.5, 0.6) is 0 Å². The third kappa shape index (κ3) is 5.69. The Labute approximate surface area is 252 Å². The van der Waals surface area contributed by atoms with E-state index in [0.717, 1.165) is 11.7 Å². The van der Waals surface area contributed by atoms with Crippen LogP contribution in [0.3, 0.4) is 0 Å². The van der Waals surface area contributed by atoms with Crippen molar-refractivity contribution in [3.05, 3.63) is 28.4 Å². The number of aromatic nitrogens is 9. The quantitative estimate of drug-likeness (QED) is 0.0631. The van der Waals surface area contributed by atoms with Crippen molar-refractivity contribution in [1.29, 1.82) is 0 Å². The van der Waals surface area contributed by atoms with Crippen molar-refractivity contribution in [2.45, 2.75) is 47.9 Å². The molecule has 2 saturated heterocycles. The van der Waals surface area contributed by atoms with Crippen molar-refractivity contribution < 1.29 is 23.1 Å². The molecule has 6 N–H and O–H groups in total. The number of H-pyrrole nitrogens is 1. The zero-order valence-electron chi connectivity index (χ0n) is 21.9. The molecule has 2 aliphatic rings. The highest BCUT2D eigenvalue weighted by atomic mass is 32.2. The van der Waals surface area contributed by atoms with Gasteiger partial charge in [0, 0.05) is 35.0 Å². The number of nitrogens with one attached hydrogen (secondary N) is 1. The number of nitrogen functional groups attached to an aromatic ring is 2. The lowest BCUT2D eigenvalue weighted by molar-refractivity contribution is 0.00482. The molecule has 226 valence electrons. The third-order valence-corrected chi connectivity index (χ3v) is 10.2. The molecule has 2 fully saturated rings. The molecule has 0 aliphatic carbocycles. The maximum absolute atomic E-state index is 12.2. The van der Waals surface area contributed by atoms with Crippen LogP contribution in [0.25, 0.3) is 16.8 Å². The molecule has 17 nitrogen and oxygen atoms in total. The predicted octanol–water partition coefficient (Wildman–Crippen LogP) is 0.275. The molecule has 6 heterocycles. The Hall–Kier alpha value is -2.21. The minimum Gasteiger partial charge on any atom is -0.389 e. The first kappa shape index (κ1) is 29.8. The summed E-state index contributed by atoms with van der Waals surface area (Å²) in [7, 11) is 2.47. The minimum absolute atomic E-state index is 0.0537. The lowest BCUT2D eigenvalue weighted by atomic mass is 9.99. The number of hydrogen-bond acceptors (Lipinski definition) is 16. The summed E-state index contributed by atoms with van der Waals surface area (Å²) in [6, 6.07) is 0. The monoisotopic (exact) mass is 657 g/mol. The number of aliphatic hydroxyl groups is 1. The van der Waals surface area contributed by atoms with Crippen LogP contribution in [0, 0.1) is 5.92 Å². The highest BCUT2D eigenvalue weighted by molar-refractivity contribution is 8.00. The van der Waals surface area contributed by atoms with E-state index in [1.165, 1.54) is 27.3 Å². The van der Waals surface area contributed by atoms with E-state index >= 15 is 0 Å². The SMILES string of the molecule is Nc1nc2c(nnn2[C@@H]2S[C@H](CCPOC[C@H]3C[C@H](c4cnn5c(N)ncnc45)O[C@@H]3COP)[C@@H](O)[C@H]2OS)c(=O)[nH]1. The summed E-state index contributed by atoms with van der Waals surface area (Å²) in [4.78, 5) is 27.0. The van der Waals surface area contributed by atoms with E-state index in [-0.39, 0.29) is 55.2 Å². The van der Waals surface area contributed by atoms with Crippen molar-refractivity contribution in [3.8, 4) is 0 Å². The molecule has 9 atom stereocenters. The lowest BCUT2D eigenvalue weighted by Crippen LogP contribution is -2.33. The highest BCUT2D eigenvalue weighted by Gasteiger charge is 2.46. The Morgan fingerprint density at radius 3 is 2.98 bits per heavy atom. The lowest BCUT2D eigenvalue weighted by Gasteiger charge is -2.19. The van der Waals surface area contributed by atoms with Gasteiger partial charge in [-0.3, -0.25) is 9.78 Å². The summed E-state index contributed by atoms with van der Waals surface area (Å²) >= 11 is 5.44. The smallest absolute Gasteiger partial charge is 0.282 e. The fraction of sp³-hybridized carbons (Fsp3) is 0.571. The minimum atomic E-state index is -0.836. The Morgan fingerprint density at radius 1 is 1.31 bits per heavy atom. The Kier molecular flexibility index (Phi) is 9.09. The average Bonchev–Trinajstić information content (AvgIpc) is 3.74. The normalized spacial score (nSPS) is 28.2. The molecule has 2 aliphatic heterocycles. The zero-order chi connectivity index (χ0) is 29.4. The molecule has 0 spiro atoms. The van der Waals surface area contributed by atoms with Crippen LogP contribution in [-0.4, -0.2) is 92.6 Å². The molecule has 2 unspecified atom stereocenters. The first-order valence-corrected chi connectivity index (χ1v) is 15.8. The molecule has 21 heteroatoms. The van der Waals surface area contributed by atoms with E-state index in [9.17, 15) is 9.90 Å². The van der Waals surface area contributed by atoms with Crippen LogP contribution >= 0.6 is 42.9 Å². The Morgan fingerprint density at radius 2 is 2.17 bits per heavy atom. The van der Waals surface area contributed by atoms with E-state index in [1.54, 1.807) is 6.20 Å². The number of thioether (sulfide) groups is 1. The van der Waals surface area contributed by atoms with E-state index in [2.05, 4.69) is 57.7 Å². The van der Waals surface area contributed by atoms with Crippen LogP contribution in [0.4, 0.5) is 11.9 Å². The molecule has 0 bridgehead atoms. The van der Waals surface area contributed by atoms with Gasteiger partial charge >= 0.3 is 0 Å². The number of hydrogen-bond donors (Lipinski definition) is 5. The fourth-order valence-electron chi connectivity index (χ4n) is 5.26. The topological polar surface area (TPSA) is 229 Å². The van der Waals surface area contributed by atoms with Gasteiger partial charge < -0.3 is 34.5 Å². The second kappa shape index (κ2) is 12.8. The van der Waals surface area contributed by atoms with Gasteiger partial charge in [0.1, 0.15) is 17.8 Å². The maximum atomic E-state index is 12.2. The summed E-state index contributed by atoms with van der Waals surface area (Å²) in [5.41, 5.74) is 12.9. The van der Waals surface area contributed by atoms with Crippen molar-refractivity contribution in [3.63, 3.8) is 0 Å². The first-order valence-electron chi connectivity index (χ1n) is 12.9. The van der Waals surface area contributed by atoms with E-state index in [4.69, 9.17) is 29.4 Å². The van der Waals surface area contributed by atoms with Crippen LogP contribution in [0.1, 0.15) is 29.9 Å². The first-order chi connectivity index (χ1) is 20.4. The number of aliphatic hydroxyl groups excluding tert-OH is 1. The Balaban J connectivity index is 1.04.